The van der Waals surface area contributed by atoms with Crippen molar-refractivity contribution in [3.8, 4) is 11.3 Å². The minimum atomic E-state index is 0.114. The summed E-state index contributed by atoms with van der Waals surface area (Å²) >= 11 is 0. The van der Waals surface area contributed by atoms with Crippen LogP contribution in [0, 0.1) is 6.92 Å². The minimum absolute atomic E-state index is 0.114. The van der Waals surface area contributed by atoms with E-state index in [1.807, 2.05) is 17.0 Å². The number of para-hydroxylation sites is 1. The van der Waals surface area contributed by atoms with Crippen molar-refractivity contribution in [3.63, 3.8) is 0 Å². The van der Waals surface area contributed by atoms with Crippen molar-refractivity contribution in [2.45, 2.75) is 39.2 Å². The molecule has 0 atom stereocenters. The molecule has 32 heavy (non-hydrogen) atoms. The van der Waals surface area contributed by atoms with Crippen molar-refractivity contribution in [2.24, 2.45) is 0 Å². The summed E-state index contributed by atoms with van der Waals surface area (Å²) in [5.74, 6) is 1.06. The molecular formula is C26H29N5O. The van der Waals surface area contributed by atoms with Gasteiger partial charge in [0.15, 0.2) is 0 Å². The fourth-order valence-corrected chi connectivity index (χ4v) is 5.03. The van der Waals surface area contributed by atoms with Crippen LogP contribution in [-0.4, -0.2) is 62.9 Å². The molecular weight excluding hydrogens is 398 g/mol. The molecule has 1 saturated carbocycles. The highest BCUT2D eigenvalue weighted by Crippen LogP contribution is 2.33. The van der Waals surface area contributed by atoms with Gasteiger partial charge in [-0.05, 0) is 43.5 Å². The van der Waals surface area contributed by atoms with Gasteiger partial charge < -0.3 is 14.9 Å². The van der Waals surface area contributed by atoms with Gasteiger partial charge in [0.2, 0.25) is 0 Å². The van der Waals surface area contributed by atoms with Crippen molar-refractivity contribution in [1.82, 2.24) is 24.8 Å². The van der Waals surface area contributed by atoms with Crippen LogP contribution in [0.5, 0.6) is 0 Å². The van der Waals surface area contributed by atoms with E-state index in [-0.39, 0.29) is 5.91 Å². The lowest BCUT2D eigenvalue weighted by atomic mass is 10.0. The monoisotopic (exact) mass is 427 g/mol. The number of fused-ring (bicyclic) bond motifs is 2. The summed E-state index contributed by atoms with van der Waals surface area (Å²) in [4.78, 5) is 29.9. The van der Waals surface area contributed by atoms with E-state index in [4.69, 9.17) is 4.98 Å². The lowest BCUT2D eigenvalue weighted by Crippen LogP contribution is -2.49. The van der Waals surface area contributed by atoms with Gasteiger partial charge in [0.25, 0.3) is 5.91 Å². The van der Waals surface area contributed by atoms with Crippen LogP contribution in [0.25, 0.3) is 33.2 Å². The Morgan fingerprint density at radius 1 is 1.09 bits per heavy atom. The summed E-state index contributed by atoms with van der Waals surface area (Å²) < 4.78 is 0. The highest BCUT2D eigenvalue weighted by molar-refractivity contribution is 6.03. The molecule has 0 radical (unpaired) electrons. The van der Waals surface area contributed by atoms with Crippen molar-refractivity contribution in [2.75, 3.05) is 26.2 Å². The Balaban J connectivity index is 1.41. The number of aromatic nitrogens is 3. The first kappa shape index (κ1) is 19.6. The van der Waals surface area contributed by atoms with Crippen LogP contribution in [-0.2, 0) is 6.42 Å². The van der Waals surface area contributed by atoms with Crippen molar-refractivity contribution < 1.29 is 4.79 Å². The van der Waals surface area contributed by atoms with Gasteiger partial charge in [0.1, 0.15) is 5.82 Å². The molecule has 0 spiro atoms. The summed E-state index contributed by atoms with van der Waals surface area (Å²) in [6, 6.07) is 13.2. The molecule has 6 rings (SSSR count). The van der Waals surface area contributed by atoms with Crippen molar-refractivity contribution >= 4 is 27.8 Å². The minimum Gasteiger partial charge on any atom is -0.354 e. The number of nitrogens with one attached hydrogen (secondary N) is 2. The molecule has 2 aromatic carbocycles. The van der Waals surface area contributed by atoms with E-state index in [0.29, 0.717) is 0 Å². The maximum Gasteiger partial charge on any atom is 0.254 e. The van der Waals surface area contributed by atoms with E-state index in [9.17, 15) is 4.79 Å². The molecule has 0 unspecified atom stereocenters. The summed E-state index contributed by atoms with van der Waals surface area (Å²) in [7, 11) is 0. The Morgan fingerprint density at radius 3 is 2.62 bits per heavy atom. The Bertz CT molecular complexity index is 1320. The second-order valence-electron chi connectivity index (χ2n) is 9.24. The third-order valence-corrected chi connectivity index (χ3v) is 7.04. The topological polar surface area (TPSA) is 68.0 Å². The van der Waals surface area contributed by atoms with Gasteiger partial charge in [-0.2, -0.15) is 0 Å². The number of aryl methyl sites for hydroxylation is 2. The second-order valence-corrected chi connectivity index (χ2v) is 9.24. The molecule has 6 nitrogen and oxygen atoms in total. The van der Waals surface area contributed by atoms with Crippen LogP contribution in [0.2, 0.25) is 0 Å². The SMILES string of the molecule is CCc1nc2c(-c3cc4cccc(C)c4[nH]3)cc(C(=O)N3CCN(C4CC4)CC3)cc2[nH]1. The number of carbonyl (C=O) groups excluding carboxylic acids is 1. The number of carbonyl (C=O) groups is 1. The zero-order chi connectivity index (χ0) is 21.8. The number of piperazine rings is 1. The summed E-state index contributed by atoms with van der Waals surface area (Å²) in [5, 5.41) is 1.17. The first-order valence-corrected chi connectivity index (χ1v) is 11.8. The summed E-state index contributed by atoms with van der Waals surface area (Å²) in [6.45, 7) is 7.78. The summed E-state index contributed by atoms with van der Waals surface area (Å²) in [6.07, 6.45) is 3.46. The number of rotatable bonds is 4. The molecule has 1 aliphatic carbocycles. The second kappa shape index (κ2) is 7.48. The predicted octanol–water partition coefficient (Wildman–Crippen LogP) is 4.50. The number of imidazole rings is 1. The molecule has 2 N–H and O–H groups in total. The smallest absolute Gasteiger partial charge is 0.254 e. The van der Waals surface area contributed by atoms with E-state index in [2.05, 4.69) is 53.0 Å². The normalized spacial score (nSPS) is 17.5. The highest BCUT2D eigenvalue weighted by atomic mass is 16.2. The molecule has 6 heteroatoms. The van der Waals surface area contributed by atoms with Gasteiger partial charge in [-0.3, -0.25) is 9.69 Å². The first-order chi connectivity index (χ1) is 15.6. The number of H-pyrrole nitrogens is 2. The van der Waals surface area contributed by atoms with Gasteiger partial charge in [-0.15, -0.1) is 0 Å². The van der Waals surface area contributed by atoms with E-state index >= 15 is 0 Å². The third kappa shape index (κ3) is 3.30. The van der Waals surface area contributed by atoms with Gasteiger partial charge in [-0.25, -0.2) is 4.98 Å². The lowest BCUT2D eigenvalue weighted by Gasteiger charge is -2.34. The van der Waals surface area contributed by atoms with Crippen molar-refractivity contribution in [3.05, 3.63) is 53.3 Å². The number of hydrogen-bond donors (Lipinski definition) is 2. The highest BCUT2D eigenvalue weighted by Gasteiger charge is 2.32. The maximum absolute atomic E-state index is 13.5. The molecule has 3 heterocycles. The molecule has 164 valence electrons. The fourth-order valence-electron chi connectivity index (χ4n) is 5.03. The van der Waals surface area contributed by atoms with Gasteiger partial charge >= 0.3 is 0 Å². The van der Waals surface area contributed by atoms with Crippen LogP contribution in [0.1, 0.15) is 41.5 Å². The van der Waals surface area contributed by atoms with Crippen LogP contribution >= 0.6 is 0 Å². The molecule has 1 saturated heterocycles. The molecule has 2 fully saturated rings. The van der Waals surface area contributed by atoms with Crippen LogP contribution in [0.4, 0.5) is 0 Å². The fraction of sp³-hybridized carbons (Fsp3) is 0.385. The Hall–Kier alpha value is -3.12. The first-order valence-electron chi connectivity index (χ1n) is 11.8. The average molecular weight is 428 g/mol. The largest absolute Gasteiger partial charge is 0.354 e. The zero-order valence-corrected chi connectivity index (χ0v) is 18.7. The van der Waals surface area contributed by atoms with E-state index in [1.165, 1.54) is 23.8 Å². The van der Waals surface area contributed by atoms with E-state index in [1.54, 1.807) is 0 Å². The molecule has 4 aromatic rings. The van der Waals surface area contributed by atoms with Crippen molar-refractivity contribution in [1.29, 1.82) is 0 Å². The molecule has 0 bridgehead atoms. The molecule has 1 aliphatic heterocycles. The van der Waals surface area contributed by atoms with E-state index < -0.39 is 0 Å². The quantitative estimate of drug-likeness (QED) is 0.504. The van der Waals surface area contributed by atoms with E-state index in [0.717, 1.165) is 77.8 Å². The number of amides is 1. The zero-order valence-electron chi connectivity index (χ0n) is 18.7. The van der Waals surface area contributed by atoms with Crippen LogP contribution in [0.15, 0.2) is 36.4 Å². The number of hydrogen-bond acceptors (Lipinski definition) is 3. The Labute approximate surface area is 187 Å². The number of nitrogens with zero attached hydrogens (tertiary/aromatic N) is 3. The van der Waals surface area contributed by atoms with Gasteiger partial charge in [0, 0.05) is 66.4 Å². The average Bonchev–Trinajstić information content (AvgIpc) is 3.43. The third-order valence-electron chi connectivity index (χ3n) is 7.04. The predicted molar refractivity (Wildman–Crippen MR) is 128 cm³/mol. The molecule has 2 aliphatic rings. The lowest BCUT2D eigenvalue weighted by molar-refractivity contribution is 0.0627. The maximum atomic E-state index is 13.5. The molecule has 2 aromatic heterocycles. The molecule has 1 amide bonds. The van der Waals surface area contributed by atoms with Gasteiger partial charge in [0.05, 0.1) is 11.0 Å². The Kier molecular flexibility index (Phi) is 4.57. The Morgan fingerprint density at radius 2 is 1.91 bits per heavy atom. The number of aromatic amines is 2. The van der Waals surface area contributed by atoms with Crippen LogP contribution < -0.4 is 0 Å². The van der Waals surface area contributed by atoms with Crippen LogP contribution in [0.3, 0.4) is 0 Å². The van der Waals surface area contributed by atoms with Gasteiger partial charge in [-0.1, -0.05) is 25.1 Å². The standard InChI is InChI=1S/C26H29N5O/c1-3-23-27-22-15-18(26(32)31-11-9-30(10-12-31)19-7-8-19)13-20(25(22)29-23)21-14-17-6-4-5-16(2)24(17)28-21/h4-6,13-15,19,28H,3,7-12H2,1-2H3,(H,27,29). The summed E-state index contributed by atoms with van der Waals surface area (Å²) in [5.41, 5.74) is 6.90. The number of benzene rings is 2.